The van der Waals surface area contributed by atoms with Gasteiger partial charge in [-0.2, -0.15) is 0 Å². The highest BCUT2D eigenvalue weighted by Gasteiger charge is 2.39. The Morgan fingerprint density at radius 3 is 2.35 bits per heavy atom. The number of benzene rings is 1. The molecule has 1 aliphatic carbocycles. The molecule has 0 radical (unpaired) electrons. The first kappa shape index (κ1) is 17.2. The van der Waals surface area contributed by atoms with Crippen molar-refractivity contribution >= 4 is 17.7 Å². The Morgan fingerprint density at radius 2 is 1.78 bits per heavy atom. The minimum Gasteiger partial charge on any atom is -0.469 e. The molecule has 124 valence electrons. The molecule has 3 atom stereocenters. The lowest BCUT2D eigenvalue weighted by molar-refractivity contribution is -0.148. The van der Waals surface area contributed by atoms with Crippen LogP contribution in [0.1, 0.15) is 36.8 Å². The van der Waals surface area contributed by atoms with E-state index in [4.69, 9.17) is 4.74 Å². The van der Waals surface area contributed by atoms with E-state index in [1.165, 1.54) is 14.2 Å². The lowest BCUT2D eigenvalue weighted by Crippen LogP contribution is -2.24. The molecule has 1 fully saturated rings. The summed E-state index contributed by atoms with van der Waals surface area (Å²) in [5, 5.41) is 0. The summed E-state index contributed by atoms with van der Waals surface area (Å²) in [4.78, 5) is 35.3. The molecule has 0 heterocycles. The van der Waals surface area contributed by atoms with Crippen molar-refractivity contribution in [2.24, 2.45) is 11.8 Å². The molecular weight excluding hydrogens is 296 g/mol. The van der Waals surface area contributed by atoms with Crippen LogP contribution in [0.3, 0.4) is 0 Å². The van der Waals surface area contributed by atoms with Gasteiger partial charge >= 0.3 is 11.9 Å². The summed E-state index contributed by atoms with van der Waals surface area (Å²) >= 11 is 0. The summed E-state index contributed by atoms with van der Waals surface area (Å²) in [6, 6.07) is 7.61. The Kier molecular flexibility index (Phi) is 5.53. The molecular formula is C18H22O5. The van der Waals surface area contributed by atoms with Gasteiger partial charge in [-0.3, -0.25) is 14.4 Å². The van der Waals surface area contributed by atoms with Crippen molar-refractivity contribution in [3.8, 4) is 0 Å². The molecule has 2 rings (SSSR count). The second-order valence-electron chi connectivity index (χ2n) is 5.94. The van der Waals surface area contributed by atoms with Gasteiger partial charge in [0.15, 0.2) is 0 Å². The predicted octanol–water partition coefficient (Wildman–Crippen LogP) is 2.27. The molecule has 1 saturated carbocycles. The van der Waals surface area contributed by atoms with Gasteiger partial charge in [0, 0.05) is 5.92 Å². The van der Waals surface area contributed by atoms with Crippen LogP contribution in [0.4, 0.5) is 0 Å². The van der Waals surface area contributed by atoms with Gasteiger partial charge in [-0.05, 0) is 37.3 Å². The number of hydrogen-bond acceptors (Lipinski definition) is 5. The van der Waals surface area contributed by atoms with E-state index in [1.54, 1.807) is 6.92 Å². The highest BCUT2D eigenvalue weighted by Crippen LogP contribution is 2.31. The fourth-order valence-corrected chi connectivity index (χ4v) is 3.06. The molecule has 0 aliphatic heterocycles. The van der Waals surface area contributed by atoms with Crippen molar-refractivity contribution in [1.29, 1.82) is 0 Å². The fraction of sp³-hybridized carbons (Fsp3) is 0.500. The summed E-state index contributed by atoms with van der Waals surface area (Å²) in [6.45, 7) is 1.79. The van der Waals surface area contributed by atoms with Gasteiger partial charge < -0.3 is 9.47 Å². The van der Waals surface area contributed by atoms with E-state index >= 15 is 0 Å². The monoisotopic (exact) mass is 318 g/mol. The molecule has 3 unspecified atom stereocenters. The van der Waals surface area contributed by atoms with Crippen LogP contribution in [0.15, 0.2) is 24.3 Å². The third-order valence-corrected chi connectivity index (χ3v) is 4.55. The van der Waals surface area contributed by atoms with Crippen LogP contribution in [-0.4, -0.2) is 31.9 Å². The van der Waals surface area contributed by atoms with Gasteiger partial charge in [0.1, 0.15) is 11.7 Å². The van der Waals surface area contributed by atoms with Crippen molar-refractivity contribution in [3.63, 3.8) is 0 Å². The number of hydrogen-bond donors (Lipinski definition) is 0. The van der Waals surface area contributed by atoms with Crippen LogP contribution >= 0.6 is 0 Å². The van der Waals surface area contributed by atoms with Gasteiger partial charge in [0.2, 0.25) is 0 Å². The third-order valence-electron chi connectivity index (χ3n) is 4.55. The number of carbonyl (C=O) groups is 3. The zero-order valence-corrected chi connectivity index (χ0v) is 13.7. The summed E-state index contributed by atoms with van der Waals surface area (Å²) in [5.41, 5.74) is 1.90. The highest BCUT2D eigenvalue weighted by molar-refractivity contribution is 6.01. The van der Waals surface area contributed by atoms with E-state index in [9.17, 15) is 14.4 Å². The van der Waals surface area contributed by atoms with Crippen LogP contribution in [0.25, 0.3) is 0 Å². The maximum absolute atomic E-state index is 12.3. The molecule has 0 spiro atoms. The van der Waals surface area contributed by atoms with Crippen LogP contribution < -0.4 is 0 Å². The number of Topliss-reactive ketones (excluding diaryl/α,β-unsaturated/α-hetero) is 1. The van der Waals surface area contributed by atoms with Crippen LogP contribution in [-0.2, 0) is 30.3 Å². The van der Waals surface area contributed by atoms with Gasteiger partial charge in [-0.15, -0.1) is 0 Å². The van der Waals surface area contributed by atoms with Gasteiger partial charge in [0.05, 0.1) is 20.1 Å². The number of rotatable bonds is 5. The Morgan fingerprint density at radius 1 is 1.13 bits per heavy atom. The third kappa shape index (κ3) is 3.78. The van der Waals surface area contributed by atoms with E-state index in [0.29, 0.717) is 19.3 Å². The van der Waals surface area contributed by atoms with Crippen molar-refractivity contribution in [1.82, 2.24) is 0 Å². The van der Waals surface area contributed by atoms with Crippen molar-refractivity contribution in [3.05, 3.63) is 35.4 Å². The van der Waals surface area contributed by atoms with E-state index in [1.807, 2.05) is 24.3 Å². The van der Waals surface area contributed by atoms with Crippen molar-refractivity contribution in [2.75, 3.05) is 14.2 Å². The first-order chi connectivity index (χ1) is 11.0. The van der Waals surface area contributed by atoms with Crippen LogP contribution in [0.2, 0.25) is 0 Å². The molecule has 1 aromatic rings. The minimum absolute atomic E-state index is 0.0242. The largest absolute Gasteiger partial charge is 0.469 e. The summed E-state index contributed by atoms with van der Waals surface area (Å²) in [6.07, 6.45) is 1.88. The van der Waals surface area contributed by atoms with Gasteiger partial charge in [0.25, 0.3) is 0 Å². The SMILES string of the molecule is COC(=O)C1CCC(Cc2ccc(C(C)C(=O)OC)cc2)C1=O. The first-order valence-corrected chi connectivity index (χ1v) is 7.76. The zero-order chi connectivity index (χ0) is 17.0. The van der Waals surface area contributed by atoms with Crippen molar-refractivity contribution < 1.29 is 23.9 Å². The summed E-state index contributed by atoms with van der Waals surface area (Å²) in [7, 11) is 2.68. The molecule has 0 N–H and O–H groups in total. The number of carbonyl (C=O) groups excluding carboxylic acids is 3. The maximum Gasteiger partial charge on any atom is 0.316 e. The quantitative estimate of drug-likeness (QED) is 0.615. The lowest BCUT2D eigenvalue weighted by atomic mass is 9.93. The molecule has 1 aromatic carbocycles. The number of methoxy groups -OCH3 is 2. The molecule has 5 heteroatoms. The predicted molar refractivity (Wildman–Crippen MR) is 83.8 cm³/mol. The minimum atomic E-state index is -0.608. The lowest BCUT2D eigenvalue weighted by Gasteiger charge is -2.12. The maximum atomic E-state index is 12.3. The molecule has 0 aromatic heterocycles. The highest BCUT2D eigenvalue weighted by atomic mass is 16.5. The smallest absolute Gasteiger partial charge is 0.316 e. The average molecular weight is 318 g/mol. The summed E-state index contributed by atoms with van der Waals surface area (Å²) in [5.74, 6) is -1.79. The van der Waals surface area contributed by atoms with E-state index in [2.05, 4.69) is 4.74 Å². The normalized spacial score (nSPS) is 21.8. The number of ether oxygens (including phenoxy) is 2. The summed E-state index contributed by atoms with van der Waals surface area (Å²) < 4.78 is 9.41. The molecule has 23 heavy (non-hydrogen) atoms. The molecule has 5 nitrogen and oxygen atoms in total. The van der Waals surface area contributed by atoms with Crippen LogP contribution in [0.5, 0.6) is 0 Å². The second kappa shape index (κ2) is 7.40. The Balaban J connectivity index is 2.01. The molecule has 0 bridgehead atoms. The Labute approximate surface area is 136 Å². The van der Waals surface area contributed by atoms with E-state index in [0.717, 1.165) is 11.1 Å². The molecule has 1 aliphatic rings. The van der Waals surface area contributed by atoms with Crippen molar-refractivity contribution in [2.45, 2.75) is 32.1 Å². The second-order valence-corrected chi connectivity index (χ2v) is 5.94. The average Bonchev–Trinajstić information content (AvgIpc) is 2.94. The standard InChI is InChI=1S/C18H22O5/c1-11(17(20)22-2)13-6-4-12(5-7-13)10-14-8-9-15(16(14)19)18(21)23-3/h4-7,11,14-15H,8-10H2,1-3H3. The van der Waals surface area contributed by atoms with Crippen LogP contribution in [0, 0.1) is 11.8 Å². The number of esters is 2. The van der Waals surface area contributed by atoms with E-state index < -0.39 is 11.9 Å². The Bertz CT molecular complexity index is 590. The topological polar surface area (TPSA) is 69.7 Å². The van der Waals surface area contributed by atoms with Gasteiger partial charge in [-0.1, -0.05) is 24.3 Å². The van der Waals surface area contributed by atoms with E-state index in [-0.39, 0.29) is 23.6 Å². The first-order valence-electron chi connectivity index (χ1n) is 7.76. The Hall–Kier alpha value is -2.17. The number of ketones is 1. The molecule has 0 amide bonds. The zero-order valence-electron chi connectivity index (χ0n) is 13.7. The molecule has 0 saturated heterocycles. The van der Waals surface area contributed by atoms with Gasteiger partial charge in [-0.25, -0.2) is 0 Å². The fourth-order valence-electron chi connectivity index (χ4n) is 3.06.